The zero-order chi connectivity index (χ0) is 27.0. The molecule has 1 aliphatic rings. The largest absolute Gasteiger partial charge is 0.342 e. The number of rotatable bonds is 6. The first-order valence-corrected chi connectivity index (χ1v) is 13.0. The summed E-state index contributed by atoms with van der Waals surface area (Å²) in [7, 11) is 0. The molecule has 1 saturated heterocycles. The number of thioether (sulfide) groups is 1. The van der Waals surface area contributed by atoms with E-state index in [4.69, 9.17) is 11.6 Å². The van der Waals surface area contributed by atoms with E-state index in [0.717, 1.165) is 38.7 Å². The molecule has 3 aromatic carbocycles. The number of carbonyl (C=O) groups excluding carboxylic acids is 3. The van der Waals surface area contributed by atoms with Gasteiger partial charge in [0.1, 0.15) is 12.4 Å². The molecule has 9 heteroatoms. The summed E-state index contributed by atoms with van der Waals surface area (Å²) in [6.45, 7) is 3.72. The lowest BCUT2D eigenvalue weighted by atomic mass is 10.1. The number of halogens is 2. The average molecular weight is 548 g/mol. The van der Waals surface area contributed by atoms with Crippen LogP contribution in [-0.4, -0.2) is 33.1 Å². The molecule has 4 aromatic rings. The van der Waals surface area contributed by atoms with E-state index in [9.17, 15) is 18.8 Å². The number of hydrogen-bond acceptors (Lipinski definition) is 4. The van der Waals surface area contributed by atoms with Crippen molar-refractivity contribution in [3.8, 4) is 0 Å². The number of anilines is 1. The van der Waals surface area contributed by atoms with Crippen LogP contribution < -0.4 is 5.32 Å². The number of carbonyl (C=O) groups is 3. The number of aromatic nitrogens is 1. The number of nitrogens with zero attached hydrogens (tertiary/aromatic N) is 2. The third-order valence-electron chi connectivity index (χ3n) is 6.46. The summed E-state index contributed by atoms with van der Waals surface area (Å²) in [4.78, 5) is 39.5. The molecule has 0 spiro atoms. The van der Waals surface area contributed by atoms with E-state index in [1.54, 1.807) is 30.5 Å². The molecular weight excluding hydrogens is 525 g/mol. The van der Waals surface area contributed by atoms with Gasteiger partial charge in [0.05, 0.1) is 11.4 Å². The van der Waals surface area contributed by atoms with E-state index in [1.807, 2.05) is 54.8 Å². The van der Waals surface area contributed by atoms with Gasteiger partial charge in [0, 0.05) is 38.9 Å². The Bertz CT molecular complexity index is 1630. The van der Waals surface area contributed by atoms with Crippen molar-refractivity contribution in [2.24, 2.45) is 0 Å². The molecular formula is C29H23ClFN3O3S. The zero-order valence-electron chi connectivity index (χ0n) is 20.6. The van der Waals surface area contributed by atoms with Crippen LogP contribution in [0.15, 0.2) is 71.8 Å². The topological polar surface area (TPSA) is 71.4 Å². The van der Waals surface area contributed by atoms with Gasteiger partial charge in [0.2, 0.25) is 5.91 Å². The molecule has 192 valence electrons. The quantitative estimate of drug-likeness (QED) is 0.270. The van der Waals surface area contributed by atoms with Crippen molar-refractivity contribution in [2.45, 2.75) is 20.4 Å². The number of imide groups is 1. The Labute approximate surface area is 228 Å². The molecule has 5 rings (SSSR count). The van der Waals surface area contributed by atoms with Crippen molar-refractivity contribution in [2.75, 3.05) is 11.9 Å². The number of amides is 3. The molecule has 0 unspecified atom stereocenters. The first kappa shape index (κ1) is 25.8. The fourth-order valence-electron chi connectivity index (χ4n) is 4.32. The smallest absolute Gasteiger partial charge is 0.294 e. The lowest BCUT2D eigenvalue weighted by Crippen LogP contribution is -2.36. The molecule has 1 fully saturated rings. The Morgan fingerprint density at radius 1 is 1.05 bits per heavy atom. The van der Waals surface area contributed by atoms with Gasteiger partial charge in [0.25, 0.3) is 11.1 Å². The van der Waals surface area contributed by atoms with E-state index in [-0.39, 0.29) is 18.0 Å². The van der Waals surface area contributed by atoms with Gasteiger partial charge in [-0.2, -0.15) is 0 Å². The molecule has 38 heavy (non-hydrogen) atoms. The predicted octanol–water partition coefficient (Wildman–Crippen LogP) is 6.77. The summed E-state index contributed by atoms with van der Waals surface area (Å²) < 4.78 is 16.3. The van der Waals surface area contributed by atoms with E-state index < -0.39 is 22.9 Å². The van der Waals surface area contributed by atoms with Crippen LogP contribution in [0.25, 0.3) is 17.0 Å². The van der Waals surface area contributed by atoms with Gasteiger partial charge in [-0.15, -0.1) is 0 Å². The average Bonchev–Trinajstić information content (AvgIpc) is 3.35. The maximum Gasteiger partial charge on any atom is 0.294 e. The summed E-state index contributed by atoms with van der Waals surface area (Å²) in [5.74, 6) is -1.41. The van der Waals surface area contributed by atoms with Crippen molar-refractivity contribution < 1.29 is 18.8 Å². The minimum atomic E-state index is -0.538. The Balaban J connectivity index is 1.38. The van der Waals surface area contributed by atoms with Gasteiger partial charge >= 0.3 is 0 Å². The summed E-state index contributed by atoms with van der Waals surface area (Å²) >= 11 is 7.03. The highest BCUT2D eigenvalue weighted by atomic mass is 35.5. The third-order valence-corrected chi connectivity index (χ3v) is 7.72. The molecule has 3 amide bonds. The van der Waals surface area contributed by atoms with Crippen molar-refractivity contribution in [3.05, 3.63) is 105 Å². The highest BCUT2D eigenvalue weighted by molar-refractivity contribution is 8.18. The maximum absolute atomic E-state index is 14.5. The van der Waals surface area contributed by atoms with Crippen LogP contribution in [0.2, 0.25) is 5.02 Å². The van der Waals surface area contributed by atoms with E-state index in [0.29, 0.717) is 21.8 Å². The number of benzene rings is 3. The van der Waals surface area contributed by atoms with Crippen LogP contribution >= 0.6 is 23.4 Å². The molecule has 0 aliphatic carbocycles. The maximum atomic E-state index is 14.5. The number of para-hydroxylation sites is 1. The summed E-state index contributed by atoms with van der Waals surface area (Å²) in [6.07, 6.45) is 3.43. The molecule has 2 heterocycles. The van der Waals surface area contributed by atoms with Crippen molar-refractivity contribution in [3.63, 3.8) is 0 Å². The lowest BCUT2D eigenvalue weighted by molar-refractivity contribution is -0.127. The third kappa shape index (κ3) is 5.10. The van der Waals surface area contributed by atoms with Crippen LogP contribution in [0.4, 0.5) is 14.9 Å². The Morgan fingerprint density at radius 2 is 1.84 bits per heavy atom. The second kappa shape index (κ2) is 10.5. The monoisotopic (exact) mass is 547 g/mol. The molecule has 1 N–H and O–H groups in total. The van der Waals surface area contributed by atoms with Crippen molar-refractivity contribution in [1.82, 2.24) is 9.47 Å². The summed E-state index contributed by atoms with van der Waals surface area (Å²) in [5.41, 5.74) is 4.59. The highest BCUT2D eigenvalue weighted by Gasteiger charge is 2.36. The second-order valence-corrected chi connectivity index (χ2v) is 10.4. The minimum absolute atomic E-state index is 0.194. The van der Waals surface area contributed by atoms with Crippen molar-refractivity contribution in [1.29, 1.82) is 0 Å². The fourth-order valence-corrected chi connectivity index (χ4v) is 5.37. The normalized spacial score (nSPS) is 14.6. The van der Waals surface area contributed by atoms with Crippen LogP contribution in [0, 0.1) is 19.7 Å². The molecule has 0 radical (unpaired) electrons. The lowest BCUT2D eigenvalue weighted by Gasteiger charge is -2.13. The van der Waals surface area contributed by atoms with Crippen molar-refractivity contribution >= 4 is 63.1 Å². The molecule has 0 saturated carbocycles. The van der Waals surface area contributed by atoms with Crippen LogP contribution in [-0.2, 0) is 16.1 Å². The molecule has 0 bridgehead atoms. The first-order valence-electron chi connectivity index (χ1n) is 11.8. The van der Waals surface area contributed by atoms with Crippen LogP contribution in [0.1, 0.15) is 22.3 Å². The second-order valence-electron chi connectivity index (χ2n) is 9.04. The number of fused-ring (bicyclic) bond motifs is 1. The number of nitrogens with one attached hydrogen (secondary N) is 1. The Morgan fingerprint density at radius 3 is 2.61 bits per heavy atom. The number of aryl methyl sites for hydroxylation is 2. The van der Waals surface area contributed by atoms with Crippen LogP contribution in [0.5, 0.6) is 0 Å². The molecule has 0 atom stereocenters. The van der Waals surface area contributed by atoms with Crippen LogP contribution in [0.3, 0.4) is 0 Å². The summed E-state index contributed by atoms with van der Waals surface area (Å²) in [6, 6.07) is 17.6. The van der Waals surface area contributed by atoms with E-state index in [1.165, 1.54) is 6.07 Å². The summed E-state index contributed by atoms with van der Waals surface area (Å²) in [5, 5.41) is 3.38. The van der Waals surface area contributed by atoms with Gasteiger partial charge in [0.15, 0.2) is 0 Å². The first-order chi connectivity index (χ1) is 18.2. The highest BCUT2D eigenvalue weighted by Crippen LogP contribution is 2.34. The van der Waals surface area contributed by atoms with Gasteiger partial charge in [-0.05, 0) is 73.1 Å². The SMILES string of the molecule is Cc1ccc(NC(=O)CN2C(=O)S/C(=C/c3cn(Cc4c(F)cccc4Cl)c4ccccc34)C2=O)cc1C. The Hall–Kier alpha value is -3.88. The van der Waals surface area contributed by atoms with E-state index >= 15 is 0 Å². The standard InChI is InChI=1S/C29H23ClFN3O3S/c1-17-10-11-20(12-18(17)2)32-27(35)16-34-28(36)26(38-29(34)37)13-19-14-33(25-9-4-3-6-21(19)25)15-22-23(30)7-5-8-24(22)31/h3-14H,15-16H2,1-2H3,(H,32,35)/b26-13+. The van der Waals surface area contributed by atoms with Gasteiger partial charge in [-0.3, -0.25) is 19.3 Å². The predicted molar refractivity (Wildman–Crippen MR) is 150 cm³/mol. The minimum Gasteiger partial charge on any atom is -0.342 e. The molecule has 1 aromatic heterocycles. The number of hydrogen-bond donors (Lipinski definition) is 1. The van der Waals surface area contributed by atoms with Gasteiger partial charge in [-0.1, -0.05) is 41.9 Å². The molecule has 1 aliphatic heterocycles. The molecule has 6 nitrogen and oxygen atoms in total. The fraction of sp³-hybridized carbons (Fsp3) is 0.138. The van der Waals surface area contributed by atoms with E-state index in [2.05, 4.69) is 5.32 Å². The Kier molecular flexibility index (Phi) is 7.10. The van der Waals surface area contributed by atoms with Gasteiger partial charge < -0.3 is 9.88 Å². The zero-order valence-corrected chi connectivity index (χ0v) is 22.2. The van der Waals surface area contributed by atoms with Gasteiger partial charge in [-0.25, -0.2) is 4.39 Å².